The minimum atomic E-state index is -4.05. The van der Waals surface area contributed by atoms with Gasteiger partial charge >= 0.3 is 5.97 Å². The van der Waals surface area contributed by atoms with Crippen LogP contribution >= 0.6 is 0 Å². The molecular formula is C40H39N3O7S. The van der Waals surface area contributed by atoms with Gasteiger partial charge in [0, 0.05) is 23.9 Å². The van der Waals surface area contributed by atoms with Gasteiger partial charge < -0.3 is 23.8 Å². The largest absolute Gasteiger partial charge is 0.497 e. The highest BCUT2D eigenvalue weighted by molar-refractivity contribution is 7.92. The van der Waals surface area contributed by atoms with E-state index in [1.165, 1.54) is 26.4 Å². The topological polar surface area (TPSA) is 116 Å². The monoisotopic (exact) mass is 705 g/mol. The number of esters is 1. The van der Waals surface area contributed by atoms with Crippen molar-refractivity contribution in [1.82, 2.24) is 4.90 Å². The van der Waals surface area contributed by atoms with Gasteiger partial charge in [-0.05, 0) is 72.1 Å². The van der Waals surface area contributed by atoms with E-state index in [0.29, 0.717) is 35.1 Å². The zero-order valence-corrected chi connectivity index (χ0v) is 29.6. The molecule has 0 spiro atoms. The fourth-order valence-corrected chi connectivity index (χ4v) is 7.56. The number of nitrogens with zero attached hydrogens (tertiary/aromatic N) is 2. The maximum atomic E-state index is 14.5. The minimum Gasteiger partial charge on any atom is -0.497 e. The van der Waals surface area contributed by atoms with Crippen molar-refractivity contribution in [3.05, 3.63) is 150 Å². The Hall–Kier alpha value is -5.81. The van der Waals surface area contributed by atoms with Gasteiger partial charge in [-0.2, -0.15) is 0 Å². The van der Waals surface area contributed by atoms with Crippen LogP contribution in [0.4, 0.5) is 5.69 Å². The zero-order chi connectivity index (χ0) is 36.0. The molecule has 0 aliphatic carbocycles. The van der Waals surface area contributed by atoms with Gasteiger partial charge in [0.05, 0.1) is 34.0 Å². The van der Waals surface area contributed by atoms with Crippen molar-refractivity contribution >= 4 is 27.5 Å². The number of hydrogen-bond acceptors (Lipinski definition) is 9. The van der Waals surface area contributed by atoms with Gasteiger partial charge in [-0.1, -0.05) is 72.8 Å². The molecule has 262 valence electrons. The summed E-state index contributed by atoms with van der Waals surface area (Å²) in [6, 6.07) is 37.7. The minimum absolute atomic E-state index is 0.0392. The molecule has 1 aliphatic rings. The van der Waals surface area contributed by atoms with Crippen molar-refractivity contribution in [2.24, 2.45) is 4.99 Å². The molecule has 1 aliphatic heterocycles. The molecule has 11 heteroatoms. The normalized spacial score (nSPS) is 17.0. The molecule has 51 heavy (non-hydrogen) atoms. The number of anilines is 1. The number of rotatable bonds is 13. The van der Waals surface area contributed by atoms with Crippen molar-refractivity contribution in [1.29, 1.82) is 0 Å². The molecule has 5 aromatic rings. The molecule has 0 radical (unpaired) electrons. The second-order valence-electron chi connectivity index (χ2n) is 11.8. The van der Waals surface area contributed by atoms with E-state index in [4.69, 9.17) is 23.9 Å². The molecule has 0 saturated heterocycles. The van der Waals surface area contributed by atoms with E-state index in [2.05, 4.69) is 9.62 Å². The summed E-state index contributed by atoms with van der Waals surface area (Å²) in [5.74, 6) is 1.39. The Morgan fingerprint density at radius 3 is 2.02 bits per heavy atom. The second-order valence-corrected chi connectivity index (χ2v) is 13.4. The number of hydrogen-bond donors (Lipinski definition) is 1. The maximum absolute atomic E-state index is 14.5. The predicted octanol–water partition coefficient (Wildman–Crippen LogP) is 6.98. The maximum Gasteiger partial charge on any atom is 0.341 e. The van der Waals surface area contributed by atoms with Crippen LogP contribution in [0.1, 0.15) is 35.2 Å². The molecule has 6 rings (SSSR count). The Bertz CT molecular complexity index is 2110. The molecule has 0 saturated carbocycles. The van der Waals surface area contributed by atoms with Crippen LogP contribution in [-0.2, 0) is 31.6 Å². The van der Waals surface area contributed by atoms with E-state index in [9.17, 15) is 13.2 Å². The van der Waals surface area contributed by atoms with Crippen molar-refractivity contribution in [3.63, 3.8) is 0 Å². The third-order valence-electron chi connectivity index (χ3n) is 8.75. The van der Waals surface area contributed by atoms with Gasteiger partial charge in [0.2, 0.25) is 5.54 Å². The molecule has 0 aromatic heterocycles. The van der Waals surface area contributed by atoms with E-state index in [-0.39, 0.29) is 17.3 Å². The third-order valence-corrected chi connectivity index (χ3v) is 10.2. The van der Waals surface area contributed by atoms with Crippen LogP contribution < -0.4 is 18.9 Å². The molecule has 0 bridgehead atoms. The Kier molecular flexibility index (Phi) is 10.3. The Morgan fingerprint density at radius 2 is 1.41 bits per heavy atom. The molecular weight excluding hydrogens is 667 g/mol. The molecule has 1 N–H and O–H groups in total. The Labute approximate surface area is 298 Å². The summed E-state index contributed by atoms with van der Waals surface area (Å²) in [6.45, 7) is 2.34. The molecule has 10 nitrogen and oxygen atoms in total. The Balaban J connectivity index is 1.49. The fraction of sp³-hybridized carbons (Fsp3) is 0.200. The number of carbonyl (C=O) groups excluding carboxylic acids is 1. The molecule has 1 heterocycles. The third kappa shape index (κ3) is 6.98. The molecule has 5 aromatic carbocycles. The van der Waals surface area contributed by atoms with E-state index >= 15 is 0 Å². The van der Waals surface area contributed by atoms with Crippen LogP contribution in [0.2, 0.25) is 0 Å². The lowest BCUT2D eigenvalue weighted by molar-refractivity contribution is -0.151. The molecule has 0 fully saturated rings. The zero-order valence-electron chi connectivity index (χ0n) is 28.8. The van der Waals surface area contributed by atoms with Crippen LogP contribution in [-0.4, -0.2) is 53.1 Å². The van der Waals surface area contributed by atoms with Crippen LogP contribution in [0.3, 0.4) is 0 Å². The highest BCUT2D eigenvalue weighted by Gasteiger charge is 2.57. The number of aliphatic imine (C=N–C) groups is 1. The van der Waals surface area contributed by atoms with E-state index < -0.39 is 27.6 Å². The van der Waals surface area contributed by atoms with Crippen molar-refractivity contribution < 1.29 is 32.2 Å². The summed E-state index contributed by atoms with van der Waals surface area (Å²) >= 11 is 0. The van der Waals surface area contributed by atoms with Crippen LogP contribution in [0.15, 0.2) is 137 Å². The van der Waals surface area contributed by atoms with Crippen molar-refractivity contribution in [3.8, 4) is 17.2 Å². The lowest BCUT2D eigenvalue weighted by atomic mass is 9.79. The number of ether oxygens (including phenoxy) is 4. The smallest absolute Gasteiger partial charge is 0.341 e. The summed E-state index contributed by atoms with van der Waals surface area (Å²) < 4.78 is 51.6. The second kappa shape index (κ2) is 15.0. The highest BCUT2D eigenvalue weighted by Crippen LogP contribution is 2.50. The van der Waals surface area contributed by atoms with Crippen LogP contribution in [0.5, 0.6) is 17.2 Å². The number of sulfonamides is 1. The summed E-state index contributed by atoms with van der Waals surface area (Å²) in [5, 5.41) is 0. The first kappa shape index (κ1) is 35.0. The summed E-state index contributed by atoms with van der Waals surface area (Å²) in [5.41, 5.74) is 1.98. The summed E-state index contributed by atoms with van der Waals surface area (Å²) in [4.78, 5) is 21.8. The van der Waals surface area contributed by atoms with E-state index in [0.717, 1.165) is 16.7 Å². The number of benzene rings is 5. The van der Waals surface area contributed by atoms with E-state index in [1.54, 1.807) is 32.2 Å². The average molecular weight is 706 g/mol. The van der Waals surface area contributed by atoms with Gasteiger partial charge in [0.1, 0.15) is 28.0 Å². The van der Waals surface area contributed by atoms with Crippen molar-refractivity contribution in [2.75, 3.05) is 32.7 Å². The molecule has 0 amide bonds. The lowest BCUT2D eigenvalue weighted by Gasteiger charge is -2.37. The predicted molar refractivity (Wildman–Crippen MR) is 196 cm³/mol. The molecule has 2 atom stereocenters. The average Bonchev–Trinajstić information content (AvgIpc) is 3.51. The first-order valence-electron chi connectivity index (χ1n) is 16.4. The van der Waals surface area contributed by atoms with E-state index in [1.807, 2.05) is 97.1 Å². The van der Waals surface area contributed by atoms with Gasteiger partial charge in [0.25, 0.3) is 10.0 Å². The number of methoxy groups -OCH3 is 3. The lowest BCUT2D eigenvalue weighted by Crippen LogP contribution is -2.44. The SMILES string of the molecule is CCOC(=O)[C@@]1(c2ccccc2)N=C(c2ccc(OC)cc2)N(Cc2ccccc2)[C@H]1c1ccc(NS(=O)(=O)c2ccc(OC)cc2OC)cc1. The quantitative estimate of drug-likeness (QED) is 0.131. The van der Waals surface area contributed by atoms with Gasteiger partial charge in [-0.25, -0.2) is 18.2 Å². The highest BCUT2D eigenvalue weighted by atomic mass is 32.2. The van der Waals surface area contributed by atoms with Crippen LogP contribution in [0, 0.1) is 0 Å². The number of amidine groups is 1. The Morgan fingerprint density at radius 1 is 0.784 bits per heavy atom. The fourth-order valence-electron chi connectivity index (χ4n) is 6.35. The molecule has 0 unspecified atom stereocenters. The van der Waals surface area contributed by atoms with Crippen molar-refractivity contribution in [2.45, 2.75) is 29.9 Å². The van der Waals surface area contributed by atoms with Gasteiger partial charge in [0.15, 0.2) is 0 Å². The first-order valence-corrected chi connectivity index (χ1v) is 17.8. The van der Waals surface area contributed by atoms with Crippen LogP contribution in [0.25, 0.3) is 0 Å². The van der Waals surface area contributed by atoms with Gasteiger partial charge in [-0.3, -0.25) is 4.72 Å². The van der Waals surface area contributed by atoms with Gasteiger partial charge in [-0.15, -0.1) is 0 Å². The first-order chi connectivity index (χ1) is 24.7. The standard InChI is InChI=1S/C40H39N3O7S/c1-5-50-39(44)40(31-14-10-7-11-15-31)37(43(27-28-12-8-6-9-13-28)38(41-40)30-18-22-33(47-2)23-19-30)29-16-20-32(21-17-29)42-51(45,46)36-25-24-34(48-3)26-35(36)49-4/h6-26,37,42H,5,27H2,1-4H3/t37-,40-/m0/s1. The summed E-state index contributed by atoms with van der Waals surface area (Å²) in [7, 11) is 0.452. The number of nitrogens with one attached hydrogen (secondary N) is 1. The number of carbonyl (C=O) groups is 1. The summed E-state index contributed by atoms with van der Waals surface area (Å²) in [6.07, 6.45) is 0.